The zero-order valence-corrected chi connectivity index (χ0v) is 15.1. The Balaban J connectivity index is 1.43. The minimum Gasteiger partial charge on any atom is -0.390 e. The molecule has 0 saturated carbocycles. The first kappa shape index (κ1) is 18.1. The van der Waals surface area contributed by atoms with Crippen LogP contribution >= 0.6 is 0 Å². The molecule has 3 heterocycles. The maximum Gasteiger partial charge on any atom is 0.255 e. The second kappa shape index (κ2) is 7.37. The largest absolute Gasteiger partial charge is 0.390 e. The number of aromatic nitrogens is 1. The van der Waals surface area contributed by atoms with Crippen molar-refractivity contribution in [2.24, 2.45) is 0 Å². The minimum atomic E-state index is -0.492. The van der Waals surface area contributed by atoms with Crippen molar-refractivity contribution in [2.75, 3.05) is 19.7 Å². The number of hydrogen-bond acceptors (Lipinski definition) is 4. The van der Waals surface area contributed by atoms with Gasteiger partial charge >= 0.3 is 0 Å². The van der Waals surface area contributed by atoms with Crippen LogP contribution in [0.2, 0.25) is 0 Å². The summed E-state index contributed by atoms with van der Waals surface area (Å²) in [7, 11) is 0. The summed E-state index contributed by atoms with van der Waals surface area (Å²) in [6.07, 6.45) is 4.03. The van der Waals surface area contributed by atoms with Crippen molar-refractivity contribution < 1.29 is 19.0 Å². The van der Waals surface area contributed by atoms with E-state index in [4.69, 9.17) is 4.74 Å². The fourth-order valence-corrected chi connectivity index (χ4v) is 4.00. The molecule has 0 bridgehead atoms. The summed E-state index contributed by atoms with van der Waals surface area (Å²) in [5.74, 6) is -0.391. The Labute approximate surface area is 157 Å². The van der Waals surface area contributed by atoms with Crippen LogP contribution in [0.5, 0.6) is 0 Å². The number of likely N-dealkylation sites (tertiary alicyclic amines) is 1. The van der Waals surface area contributed by atoms with Crippen LogP contribution < -0.4 is 0 Å². The number of pyridine rings is 1. The molecule has 27 heavy (non-hydrogen) atoms. The van der Waals surface area contributed by atoms with Crippen molar-refractivity contribution in [3.05, 3.63) is 54.0 Å². The summed E-state index contributed by atoms with van der Waals surface area (Å²) in [4.78, 5) is 18.9. The Bertz CT molecular complexity index is 816. The molecule has 2 aliphatic heterocycles. The van der Waals surface area contributed by atoms with E-state index in [0.29, 0.717) is 49.4 Å². The van der Waals surface area contributed by atoms with Crippen LogP contribution in [0.15, 0.2) is 42.6 Å². The fraction of sp³-hybridized carbons (Fsp3) is 0.429. The van der Waals surface area contributed by atoms with E-state index in [0.717, 1.165) is 12.8 Å². The molecule has 1 aromatic carbocycles. The normalized spacial score (nSPS) is 22.0. The quantitative estimate of drug-likeness (QED) is 0.883. The summed E-state index contributed by atoms with van der Waals surface area (Å²) >= 11 is 0. The van der Waals surface area contributed by atoms with Crippen molar-refractivity contribution in [3.8, 4) is 11.3 Å². The number of carbonyl (C=O) groups is 1. The third-order valence-corrected chi connectivity index (χ3v) is 5.65. The SMILES string of the molecule is O=C(c1ccc(-c2cccc(F)c2)nc1)N1CCC2(CC1)OCCC[C@@H]2O. The van der Waals surface area contributed by atoms with Crippen LogP contribution in [0.3, 0.4) is 0 Å². The van der Waals surface area contributed by atoms with Gasteiger partial charge in [-0.2, -0.15) is 0 Å². The second-order valence-corrected chi connectivity index (χ2v) is 7.31. The predicted molar refractivity (Wildman–Crippen MR) is 98.7 cm³/mol. The summed E-state index contributed by atoms with van der Waals surface area (Å²) in [5.41, 5.74) is 1.32. The number of piperidine rings is 1. The summed E-state index contributed by atoms with van der Waals surface area (Å²) in [6, 6.07) is 9.69. The Morgan fingerprint density at radius 3 is 2.74 bits per heavy atom. The second-order valence-electron chi connectivity index (χ2n) is 7.31. The number of aliphatic hydroxyl groups excluding tert-OH is 1. The van der Waals surface area contributed by atoms with Gasteiger partial charge in [0.05, 0.1) is 23.0 Å². The van der Waals surface area contributed by atoms with E-state index in [1.54, 1.807) is 35.4 Å². The first-order chi connectivity index (χ1) is 13.1. The van der Waals surface area contributed by atoms with Crippen molar-refractivity contribution in [3.63, 3.8) is 0 Å². The molecule has 0 aliphatic carbocycles. The van der Waals surface area contributed by atoms with E-state index in [2.05, 4.69) is 4.98 Å². The molecule has 5 nitrogen and oxygen atoms in total. The molecule has 1 aromatic heterocycles. The van der Waals surface area contributed by atoms with Gasteiger partial charge in [0, 0.05) is 31.5 Å². The molecular formula is C21H23FN2O3. The van der Waals surface area contributed by atoms with E-state index < -0.39 is 11.7 Å². The van der Waals surface area contributed by atoms with E-state index in [1.165, 1.54) is 12.1 Å². The molecule has 1 spiro atoms. The van der Waals surface area contributed by atoms with E-state index in [1.807, 2.05) is 0 Å². The van der Waals surface area contributed by atoms with Gasteiger partial charge in [0.15, 0.2) is 0 Å². The van der Waals surface area contributed by atoms with Gasteiger partial charge in [0.1, 0.15) is 5.82 Å². The van der Waals surface area contributed by atoms with E-state index >= 15 is 0 Å². The Hall–Kier alpha value is -2.31. The highest BCUT2D eigenvalue weighted by Gasteiger charge is 2.44. The van der Waals surface area contributed by atoms with Crippen LogP contribution in [0.4, 0.5) is 4.39 Å². The molecule has 2 fully saturated rings. The predicted octanol–water partition coefficient (Wildman–Crippen LogP) is 3.03. The summed E-state index contributed by atoms with van der Waals surface area (Å²) in [6.45, 7) is 1.79. The zero-order valence-electron chi connectivity index (χ0n) is 15.1. The monoisotopic (exact) mass is 370 g/mol. The average Bonchev–Trinajstić information content (AvgIpc) is 2.71. The third-order valence-electron chi connectivity index (χ3n) is 5.65. The molecule has 1 atom stereocenters. The Morgan fingerprint density at radius 1 is 1.26 bits per heavy atom. The molecule has 1 N–H and O–H groups in total. The van der Waals surface area contributed by atoms with Crippen molar-refractivity contribution in [1.82, 2.24) is 9.88 Å². The number of amides is 1. The number of halogens is 1. The lowest BCUT2D eigenvalue weighted by molar-refractivity contribution is -0.174. The number of carbonyl (C=O) groups excluding carboxylic acids is 1. The molecule has 1 amide bonds. The molecule has 2 aliphatic rings. The minimum absolute atomic E-state index is 0.0755. The standard InChI is InChI=1S/C21H23FN2O3/c22-17-4-1-3-15(13-17)18-7-6-16(14-23-18)20(26)24-10-8-21(9-11-24)19(25)5-2-12-27-21/h1,3-4,6-7,13-14,19,25H,2,5,8-12H2/t19-/m0/s1. The van der Waals surface area contributed by atoms with Gasteiger partial charge in [0.2, 0.25) is 0 Å². The number of aliphatic hydroxyl groups is 1. The molecule has 4 rings (SSSR count). The lowest BCUT2D eigenvalue weighted by atomic mass is 9.82. The lowest BCUT2D eigenvalue weighted by Crippen LogP contribution is -2.56. The molecule has 0 radical (unpaired) electrons. The van der Waals surface area contributed by atoms with Gasteiger partial charge in [-0.1, -0.05) is 12.1 Å². The van der Waals surface area contributed by atoms with Gasteiger partial charge in [0.25, 0.3) is 5.91 Å². The summed E-state index contributed by atoms with van der Waals surface area (Å²) < 4.78 is 19.3. The smallest absolute Gasteiger partial charge is 0.255 e. The Morgan fingerprint density at radius 2 is 2.07 bits per heavy atom. The Kier molecular flexibility index (Phi) is 4.93. The number of nitrogens with zero attached hydrogens (tertiary/aromatic N) is 2. The number of rotatable bonds is 2. The lowest BCUT2D eigenvalue weighted by Gasteiger charge is -2.46. The van der Waals surface area contributed by atoms with Gasteiger partial charge in [-0.3, -0.25) is 9.78 Å². The fourth-order valence-electron chi connectivity index (χ4n) is 4.00. The highest BCUT2D eigenvalue weighted by Crippen LogP contribution is 2.35. The van der Waals surface area contributed by atoms with Crippen LogP contribution in [0.1, 0.15) is 36.0 Å². The van der Waals surface area contributed by atoms with Crippen molar-refractivity contribution in [2.45, 2.75) is 37.4 Å². The highest BCUT2D eigenvalue weighted by atomic mass is 19.1. The van der Waals surface area contributed by atoms with Gasteiger partial charge in [-0.15, -0.1) is 0 Å². The van der Waals surface area contributed by atoms with E-state index in [-0.39, 0.29) is 11.7 Å². The molecule has 2 aromatic rings. The zero-order chi connectivity index (χ0) is 18.9. The number of benzene rings is 1. The van der Waals surface area contributed by atoms with Gasteiger partial charge in [-0.25, -0.2) is 4.39 Å². The first-order valence-electron chi connectivity index (χ1n) is 9.41. The molecular weight excluding hydrogens is 347 g/mol. The molecule has 142 valence electrons. The van der Waals surface area contributed by atoms with Gasteiger partial charge < -0.3 is 14.7 Å². The molecule has 2 saturated heterocycles. The van der Waals surface area contributed by atoms with E-state index in [9.17, 15) is 14.3 Å². The third kappa shape index (κ3) is 3.59. The van der Waals surface area contributed by atoms with Crippen LogP contribution in [0, 0.1) is 5.82 Å². The van der Waals surface area contributed by atoms with Crippen molar-refractivity contribution >= 4 is 5.91 Å². The van der Waals surface area contributed by atoms with Crippen LogP contribution in [0.25, 0.3) is 11.3 Å². The topological polar surface area (TPSA) is 62.7 Å². The van der Waals surface area contributed by atoms with Crippen LogP contribution in [-0.2, 0) is 4.74 Å². The molecule has 0 unspecified atom stereocenters. The highest BCUT2D eigenvalue weighted by molar-refractivity contribution is 5.94. The first-order valence-corrected chi connectivity index (χ1v) is 9.41. The number of ether oxygens (including phenoxy) is 1. The summed E-state index contributed by atoms with van der Waals surface area (Å²) in [5, 5.41) is 10.3. The van der Waals surface area contributed by atoms with Crippen LogP contribution in [-0.4, -0.2) is 52.3 Å². The maximum absolute atomic E-state index is 13.4. The number of hydrogen-bond donors (Lipinski definition) is 1. The maximum atomic E-state index is 13.4. The van der Waals surface area contributed by atoms with Crippen molar-refractivity contribution in [1.29, 1.82) is 0 Å². The molecule has 6 heteroatoms. The average molecular weight is 370 g/mol. The van der Waals surface area contributed by atoms with Gasteiger partial charge in [-0.05, 0) is 49.9 Å².